The van der Waals surface area contributed by atoms with Crippen LogP contribution in [0.4, 0.5) is 0 Å². The number of ether oxygens (including phenoxy) is 2. The summed E-state index contributed by atoms with van der Waals surface area (Å²) in [7, 11) is 2.64. The van der Waals surface area contributed by atoms with Crippen LogP contribution in [0, 0.1) is 23.7 Å². The summed E-state index contributed by atoms with van der Waals surface area (Å²) in [5, 5.41) is 0. The smallest absolute Gasteiger partial charge is 0.495 e. The monoisotopic (exact) mass is 464 g/mol. The summed E-state index contributed by atoms with van der Waals surface area (Å²) >= 11 is 0. The van der Waals surface area contributed by atoms with Gasteiger partial charge in [0.1, 0.15) is 5.76 Å². The van der Waals surface area contributed by atoms with Crippen LogP contribution in [0.2, 0.25) is 0 Å². The van der Waals surface area contributed by atoms with E-state index in [1.54, 1.807) is 13.2 Å². The maximum Gasteiger partial charge on any atom is 0.495 e. The number of rotatable bonds is 5. The van der Waals surface area contributed by atoms with Crippen LogP contribution in [0.3, 0.4) is 0 Å². The standard InChI is InChI=1S/C28H37BO5/c1-27(2)28(3,4)34-29(33-27)23-16-20(8-7-19(23)9-10-24(30)31-5)26(32-6)25-21-12-17-11-18(14-21)15-22(25)13-17/h7-10,16-18,21-22H,11-15H2,1-6H3/b10-9+,26-25?. The van der Waals surface area contributed by atoms with Gasteiger partial charge < -0.3 is 18.8 Å². The quantitative estimate of drug-likeness (QED) is 0.266. The lowest BCUT2D eigenvalue weighted by atomic mass is 9.54. The highest BCUT2D eigenvalue weighted by Crippen LogP contribution is 2.58. The zero-order valence-electron chi connectivity index (χ0n) is 21.4. The summed E-state index contributed by atoms with van der Waals surface area (Å²) < 4.78 is 23.7. The first-order valence-corrected chi connectivity index (χ1v) is 12.7. The second-order valence-corrected chi connectivity index (χ2v) is 11.6. The average molecular weight is 464 g/mol. The van der Waals surface area contributed by atoms with Crippen molar-refractivity contribution in [1.82, 2.24) is 0 Å². The molecule has 34 heavy (non-hydrogen) atoms. The Morgan fingerprint density at radius 2 is 1.53 bits per heavy atom. The zero-order valence-corrected chi connectivity index (χ0v) is 21.4. The molecule has 1 aromatic rings. The van der Waals surface area contributed by atoms with Gasteiger partial charge in [0.2, 0.25) is 0 Å². The predicted molar refractivity (Wildman–Crippen MR) is 134 cm³/mol. The Kier molecular flexibility index (Phi) is 5.96. The molecule has 0 aromatic heterocycles. The number of esters is 1. The highest BCUT2D eigenvalue weighted by molar-refractivity contribution is 6.63. The molecular formula is C28H37BO5. The lowest BCUT2D eigenvalue weighted by Crippen LogP contribution is -2.41. The second-order valence-electron chi connectivity index (χ2n) is 11.6. The van der Waals surface area contributed by atoms with Crippen LogP contribution >= 0.6 is 0 Å². The molecule has 0 radical (unpaired) electrons. The molecule has 4 aliphatic carbocycles. The van der Waals surface area contributed by atoms with Gasteiger partial charge in [-0.15, -0.1) is 0 Å². The Balaban J connectivity index is 1.57. The van der Waals surface area contributed by atoms with Crippen molar-refractivity contribution in [3.8, 4) is 0 Å². The minimum atomic E-state index is -0.538. The van der Waals surface area contributed by atoms with E-state index in [4.69, 9.17) is 18.8 Å². The van der Waals surface area contributed by atoms with E-state index in [-0.39, 0.29) is 0 Å². The van der Waals surface area contributed by atoms with Crippen LogP contribution in [-0.2, 0) is 23.6 Å². The van der Waals surface area contributed by atoms with E-state index in [0.29, 0.717) is 11.8 Å². The third-order valence-corrected chi connectivity index (χ3v) is 8.94. The summed E-state index contributed by atoms with van der Waals surface area (Å²) in [5.74, 6) is 3.72. The van der Waals surface area contributed by atoms with Crippen molar-refractivity contribution in [2.45, 2.75) is 71.0 Å². The normalized spacial score (nSPS) is 30.8. The lowest BCUT2D eigenvalue weighted by Gasteiger charge is -2.51. The number of benzene rings is 1. The van der Waals surface area contributed by atoms with E-state index in [0.717, 1.165) is 34.2 Å². The van der Waals surface area contributed by atoms with Crippen LogP contribution in [0.15, 0.2) is 29.8 Å². The number of carbonyl (C=O) groups is 1. The molecule has 1 aromatic carbocycles. The molecule has 4 bridgehead atoms. The van der Waals surface area contributed by atoms with E-state index in [2.05, 4.69) is 39.8 Å². The fraction of sp³-hybridized carbons (Fsp3) is 0.607. The minimum absolute atomic E-state index is 0.391. The molecule has 4 saturated carbocycles. The Labute approximate surface area is 204 Å². The minimum Gasteiger partial charge on any atom is -0.496 e. The molecule has 0 N–H and O–H groups in total. The molecule has 0 spiro atoms. The van der Waals surface area contributed by atoms with Gasteiger partial charge in [0.05, 0.1) is 25.4 Å². The summed E-state index contributed by atoms with van der Waals surface area (Å²) in [6.07, 6.45) is 9.86. The van der Waals surface area contributed by atoms with E-state index in [9.17, 15) is 4.79 Å². The van der Waals surface area contributed by atoms with Gasteiger partial charge in [0.25, 0.3) is 0 Å². The molecule has 5 nitrogen and oxygen atoms in total. The maximum atomic E-state index is 11.8. The highest BCUT2D eigenvalue weighted by Gasteiger charge is 2.52. The Hall–Kier alpha value is -2.05. The van der Waals surface area contributed by atoms with Crippen molar-refractivity contribution >= 4 is 30.4 Å². The molecular weight excluding hydrogens is 427 g/mol. The molecule has 6 rings (SSSR count). The van der Waals surface area contributed by atoms with Crippen molar-refractivity contribution in [3.63, 3.8) is 0 Å². The van der Waals surface area contributed by atoms with Gasteiger partial charge in [0.15, 0.2) is 0 Å². The fourth-order valence-corrected chi connectivity index (χ4v) is 6.73. The Bertz CT molecular complexity index is 991. The first kappa shape index (κ1) is 23.7. The number of carbonyl (C=O) groups excluding carboxylic acids is 1. The molecule has 0 unspecified atom stereocenters. The second kappa shape index (κ2) is 8.56. The number of allylic oxidation sites excluding steroid dienone is 1. The summed E-state index contributed by atoms with van der Waals surface area (Å²) in [4.78, 5) is 11.8. The van der Waals surface area contributed by atoms with Crippen LogP contribution in [-0.4, -0.2) is 38.5 Å². The summed E-state index contributed by atoms with van der Waals surface area (Å²) in [5.41, 5.74) is 3.44. The molecule has 1 aliphatic heterocycles. The van der Waals surface area contributed by atoms with E-state index < -0.39 is 24.3 Å². The SMILES string of the molecule is COC(=O)/C=C/c1ccc(C(OC)=C2C3CC4CC(C3)CC2C4)cc1B1OC(C)(C)C(C)(C)O1. The van der Waals surface area contributed by atoms with Gasteiger partial charge in [-0.05, 0) is 106 Å². The largest absolute Gasteiger partial charge is 0.496 e. The van der Waals surface area contributed by atoms with Crippen LogP contribution in [0.1, 0.15) is 70.9 Å². The molecule has 1 saturated heterocycles. The Morgan fingerprint density at radius 3 is 2.06 bits per heavy atom. The van der Waals surface area contributed by atoms with Gasteiger partial charge in [-0.2, -0.15) is 0 Å². The van der Waals surface area contributed by atoms with Crippen LogP contribution in [0.5, 0.6) is 0 Å². The van der Waals surface area contributed by atoms with Crippen molar-refractivity contribution in [1.29, 1.82) is 0 Å². The van der Waals surface area contributed by atoms with Crippen molar-refractivity contribution in [2.75, 3.05) is 14.2 Å². The van der Waals surface area contributed by atoms with E-state index in [1.807, 2.05) is 6.07 Å². The molecule has 5 aliphatic rings. The van der Waals surface area contributed by atoms with Gasteiger partial charge in [-0.25, -0.2) is 4.79 Å². The van der Waals surface area contributed by atoms with E-state index >= 15 is 0 Å². The first-order chi connectivity index (χ1) is 16.1. The van der Waals surface area contributed by atoms with Gasteiger partial charge in [-0.1, -0.05) is 18.2 Å². The number of hydrogen-bond donors (Lipinski definition) is 0. The number of methoxy groups -OCH3 is 2. The number of hydrogen-bond acceptors (Lipinski definition) is 5. The molecule has 1 heterocycles. The van der Waals surface area contributed by atoms with Crippen LogP contribution in [0.25, 0.3) is 11.8 Å². The molecule has 0 atom stereocenters. The van der Waals surface area contributed by atoms with Crippen molar-refractivity contribution < 1.29 is 23.6 Å². The molecule has 0 amide bonds. The summed E-state index contributed by atoms with van der Waals surface area (Å²) in [6, 6.07) is 6.27. The zero-order chi connectivity index (χ0) is 24.3. The predicted octanol–water partition coefficient (Wildman–Crippen LogP) is 4.99. The van der Waals surface area contributed by atoms with E-state index in [1.165, 1.54) is 50.9 Å². The fourth-order valence-electron chi connectivity index (χ4n) is 6.73. The average Bonchev–Trinajstić information content (AvgIpc) is 3.00. The highest BCUT2D eigenvalue weighted by atomic mass is 16.7. The molecule has 182 valence electrons. The maximum absolute atomic E-state index is 11.8. The topological polar surface area (TPSA) is 54.0 Å². The third kappa shape index (κ3) is 4.03. The third-order valence-electron chi connectivity index (χ3n) is 8.94. The molecule has 5 fully saturated rings. The summed E-state index contributed by atoms with van der Waals surface area (Å²) in [6.45, 7) is 8.21. The first-order valence-electron chi connectivity index (χ1n) is 12.7. The van der Waals surface area contributed by atoms with Crippen molar-refractivity contribution in [3.05, 3.63) is 41.0 Å². The van der Waals surface area contributed by atoms with Gasteiger partial charge >= 0.3 is 13.1 Å². The van der Waals surface area contributed by atoms with Crippen LogP contribution < -0.4 is 5.46 Å². The Morgan fingerprint density at radius 1 is 0.941 bits per heavy atom. The van der Waals surface area contributed by atoms with Crippen molar-refractivity contribution in [2.24, 2.45) is 23.7 Å². The van der Waals surface area contributed by atoms with Gasteiger partial charge in [0, 0.05) is 11.6 Å². The molecule has 6 heteroatoms. The van der Waals surface area contributed by atoms with Gasteiger partial charge in [-0.3, -0.25) is 0 Å². The lowest BCUT2D eigenvalue weighted by molar-refractivity contribution is -0.134.